The van der Waals surface area contributed by atoms with E-state index in [0.29, 0.717) is 0 Å². The van der Waals surface area contributed by atoms with Gasteiger partial charge in [-0.05, 0) is 0 Å². The molecule has 2 aliphatic rings. The van der Waals surface area contributed by atoms with Gasteiger partial charge in [-0.2, -0.15) is 21.6 Å². The maximum Gasteiger partial charge on any atom is 0.522 e. The molecular formula is C21H21F3O3SSiZr. The van der Waals surface area contributed by atoms with Gasteiger partial charge in [0.2, 0.25) is 0 Å². The summed E-state index contributed by atoms with van der Waals surface area (Å²) < 4.78 is 59.1. The van der Waals surface area contributed by atoms with E-state index in [0.717, 1.165) is 7.25 Å². The largest absolute Gasteiger partial charge is 0.522 e. The fourth-order valence-corrected chi connectivity index (χ4v) is 22.6. The van der Waals surface area contributed by atoms with Crippen LogP contribution in [0, 0.1) is 0 Å². The number of allylic oxidation sites excluding steroid dienone is 2. The fraction of sp³-hybridized carbons (Fsp3) is 0.238. The van der Waals surface area contributed by atoms with Gasteiger partial charge in [0, 0.05) is 0 Å². The molecule has 2 aromatic carbocycles. The minimum absolute atomic E-state index is 0.228. The van der Waals surface area contributed by atoms with Crippen molar-refractivity contribution in [3.8, 4) is 0 Å². The Balaban J connectivity index is 0.000000275. The molecule has 0 aromatic heterocycles. The molecule has 2 atom stereocenters. The van der Waals surface area contributed by atoms with E-state index in [2.05, 4.69) is 85.9 Å². The number of alkyl halides is 3. The molecule has 0 fully saturated rings. The van der Waals surface area contributed by atoms with E-state index in [-0.39, 0.29) is 5.43 Å². The smallest absolute Gasteiger partial charge is 0.279 e. The maximum absolute atomic E-state index is 10.7. The molecule has 0 spiro atoms. The van der Waals surface area contributed by atoms with Crippen molar-refractivity contribution in [1.82, 2.24) is 0 Å². The SMILES string of the molecule is C[Si](C)=[Zr]([CH]1C=Cc2ccccc21)[CH]1C=Cc2ccccc21.O=S(=O)(O)C(F)(F)F. The molecule has 1 N–H and O–H groups in total. The molecule has 2 aromatic rings. The van der Waals surface area contributed by atoms with E-state index >= 15 is 0 Å². The fourth-order valence-electron chi connectivity index (χ4n) is 3.86. The molecule has 0 saturated heterocycles. The van der Waals surface area contributed by atoms with E-state index < -0.39 is 36.0 Å². The maximum atomic E-state index is 10.7. The van der Waals surface area contributed by atoms with Crippen LogP contribution in [0.5, 0.6) is 0 Å². The van der Waals surface area contributed by atoms with Crippen LogP contribution in [0.25, 0.3) is 12.2 Å². The number of halogens is 3. The van der Waals surface area contributed by atoms with Crippen LogP contribution in [0.2, 0.25) is 13.1 Å². The van der Waals surface area contributed by atoms with Gasteiger partial charge in [-0.15, -0.1) is 0 Å². The van der Waals surface area contributed by atoms with Crippen LogP contribution in [0.3, 0.4) is 0 Å². The quantitative estimate of drug-likeness (QED) is 0.305. The van der Waals surface area contributed by atoms with Crippen LogP contribution in [0.1, 0.15) is 29.5 Å². The molecule has 0 bridgehead atoms. The van der Waals surface area contributed by atoms with Crippen molar-refractivity contribution >= 4 is 27.7 Å². The topological polar surface area (TPSA) is 54.4 Å². The molecule has 0 saturated carbocycles. The molecule has 30 heavy (non-hydrogen) atoms. The summed E-state index contributed by atoms with van der Waals surface area (Å²) in [7, 11) is -5.84. The molecule has 0 heterocycles. The van der Waals surface area contributed by atoms with Gasteiger partial charge in [-0.25, -0.2) is 0 Å². The van der Waals surface area contributed by atoms with Crippen molar-refractivity contribution in [1.29, 1.82) is 0 Å². The molecule has 9 heteroatoms. The first-order valence-corrected chi connectivity index (χ1v) is 19.7. The third-order valence-corrected chi connectivity index (χ3v) is 24.8. The van der Waals surface area contributed by atoms with Crippen molar-refractivity contribution in [2.45, 2.75) is 25.9 Å². The number of hydrogen-bond donors (Lipinski definition) is 1. The molecular weight excluding hydrogens is 509 g/mol. The molecule has 158 valence electrons. The predicted octanol–water partition coefficient (Wildman–Crippen LogP) is 5.79. The Morgan fingerprint density at radius 2 is 1.23 bits per heavy atom. The van der Waals surface area contributed by atoms with Gasteiger partial charge >= 0.3 is 157 Å². The second-order valence-corrected chi connectivity index (χ2v) is 26.8. The Morgan fingerprint density at radius 3 is 1.57 bits per heavy atom. The molecule has 0 aliphatic heterocycles. The average molecular weight is 530 g/mol. The van der Waals surface area contributed by atoms with Crippen LogP contribution in [0.15, 0.2) is 60.7 Å². The number of hydrogen-bond acceptors (Lipinski definition) is 2. The second kappa shape index (κ2) is 9.07. The number of rotatable bonds is 2. The van der Waals surface area contributed by atoms with Crippen LogP contribution in [-0.4, -0.2) is 23.9 Å². The first kappa shape index (κ1) is 23.4. The molecule has 2 unspecified atom stereocenters. The first-order chi connectivity index (χ1) is 14.0. The summed E-state index contributed by atoms with van der Waals surface area (Å²) in [6.45, 7) is 5.12. The molecule has 0 amide bonds. The zero-order valence-corrected chi connectivity index (χ0v) is 20.7. The van der Waals surface area contributed by atoms with Crippen LogP contribution >= 0.6 is 0 Å². The summed E-state index contributed by atoms with van der Waals surface area (Å²) in [6.07, 6.45) is 9.81. The number of fused-ring (bicyclic) bond motifs is 2. The Labute approximate surface area is 182 Å². The third-order valence-electron chi connectivity index (χ3n) is 5.14. The van der Waals surface area contributed by atoms with E-state index in [4.69, 9.17) is 13.0 Å². The molecule has 3 nitrogen and oxygen atoms in total. The van der Waals surface area contributed by atoms with Gasteiger partial charge in [-0.1, -0.05) is 0 Å². The van der Waals surface area contributed by atoms with E-state index in [9.17, 15) is 13.2 Å². The number of benzene rings is 2. The molecule has 0 radical (unpaired) electrons. The normalized spacial score (nSPS) is 19.0. The van der Waals surface area contributed by atoms with Crippen molar-refractivity contribution in [3.05, 3.63) is 82.9 Å². The van der Waals surface area contributed by atoms with Crippen LogP contribution in [-0.2, 0) is 30.5 Å². The summed E-state index contributed by atoms with van der Waals surface area (Å²) in [5, 5.41) is 0. The van der Waals surface area contributed by atoms with Gasteiger partial charge in [0.1, 0.15) is 0 Å². The Morgan fingerprint density at radius 1 is 0.867 bits per heavy atom. The van der Waals surface area contributed by atoms with Crippen LogP contribution < -0.4 is 0 Å². The molecule has 4 rings (SSSR count). The second-order valence-electron chi connectivity index (χ2n) is 7.31. The standard InChI is InChI=1S/2C9H7.C2H6Si.CHF3O3S.Zr/c2*1-2-5-9-7-3-6-8(9)4-1;1-3-2;2-1(3,4)8(5,6)7;/h2*1-7H;1-2H3;(H,5,6,7);. The Bertz CT molecular complexity index is 1090. The van der Waals surface area contributed by atoms with Gasteiger partial charge in [0.05, 0.1) is 0 Å². The third kappa shape index (κ3) is 4.96. The summed E-state index contributed by atoms with van der Waals surface area (Å²) in [5.41, 5.74) is 0.385. The zero-order valence-electron chi connectivity index (χ0n) is 16.4. The van der Waals surface area contributed by atoms with Gasteiger partial charge < -0.3 is 0 Å². The zero-order chi connectivity index (χ0) is 22.1. The monoisotopic (exact) mass is 528 g/mol. The van der Waals surface area contributed by atoms with E-state index in [1.165, 1.54) is 11.1 Å². The van der Waals surface area contributed by atoms with Crippen molar-refractivity contribution in [2.24, 2.45) is 0 Å². The van der Waals surface area contributed by atoms with Gasteiger partial charge in [0.25, 0.3) is 0 Å². The predicted molar refractivity (Wildman–Crippen MR) is 112 cm³/mol. The van der Waals surface area contributed by atoms with Crippen molar-refractivity contribution < 1.29 is 46.5 Å². The summed E-state index contributed by atoms with van der Waals surface area (Å²) >= 11 is -1.65. The summed E-state index contributed by atoms with van der Waals surface area (Å²) in [4.78, 5) is 0. The minimum atomic E-state index is -5.84. The van der Waals surface area contributed by atoms with E-state index in [1.807, 2.05) is 0 Å². The van der Waals surface area contributed by atoms with E-state index in [1.54, 1.807) is 11.1 Å². The minimum Gasteiger partial charge on any atom is -0.279 e. The summed E-state index contributed by atoms with van der Waals surface area (Å²) in [5.74, 6) is 0. The van der Waals surface area contributed by atoms with Crippen LogP contribution in [0.4, 0.5) is 13.2 Å². The Kier molecular flexibility index (Phi) is 7.07. The summed E-state index contributed by atoms with van der Waals surface area (Å²) in [6, 6.07) is 18.1. The van der Waals surface area contributed by atoms with Gasteiger partial charge in [-0.3, -0.25) is 4.55 Å². The van der Waals surface area contributed by atoms with Crippen molar-refractivity contribution in [3.63, 3.8) is 0 Å². The molecule has 2 aliphatic carbocycles. The van der Waals surface area contributed by atoms with Gasteiger partial charge in [0.15, 0.2) is 0 Å². The Hall–Kier alpha value is -1.28. The van der Waals surface area contributed by atoms with Crippen molar-refractivity contribution in [2.75, 3.05) is 0 Å². The first-order valence-electron chi connectivity index (χ1n) is 9.26. The average Bonchev–Trinajstić information content (AvgIpc) is 3.26.